The second-order valence-electron chi connectivity index (χ2n) is 0.903. The summed E-state index contributed by atoms with van der Waals surface area (Å²) in [7, 11) is 0. The van der Waals surface area contributed by atoms with Crippen molar-refractivity contribution in [3.8, 4) is 0 Å². The predicted octanol–water partition coefficient (Wildman–Crippen LogP) is 1.17. The smallest absolute Gasteiger partial charge is 0.110 e. The van der Waals surface area contributed by atoms with Crippen LogP contribution in [0.15, 0.2) is 0 Å². The normalized spacial score (nSPS) is 8.57. The molecule has 0 rings (SSSR count). The van der Waals surface area contributed by atoms with Crippen molar-refractivity contribution in [2.45, 2.75) is 11.3 Å². The summed E-state index contributed by atoms with van der Waals surface area (Å²) in [5, 5.41) is 8.07. The van der Waals surface area contributed by atoms with Gasteiger partial charge in [-0.1, -0.05) is 0 Å². The zero-order valence-electron chi connectivity index (χ0n) is 3.69. The summed E-state index contributed by atoms with van der Waals surface area (Å²) in [5.41, 5.74) is 0. The molecule has 0 aromatic rings. The SMILES string of the molecule is OCCC(Cl)Cl.[Ti]. The van der Waals surface area contributed by atoms with Crippen molar-refractivity contribution in [3.05, 3.63) is 0 Å². The second-order valence-corrected chi connectivity index (χ2v) is 2.18. The Balaban J connectivity index is 0. The molecule has 0 unspecified atom stereocenters. The second kappa shape index (κ2) is 7.25. The molecular formula is C3H6Cl2OTi. The van der Waals surface area contributed by atoms with Gasteiger partial charge in [-0.2, -0.15) is 0 Å². The number of hydrogen-bond acceptors (Lipinski definition) is 1. The Kier molecular flexibility index (Phi) is 11.5. The van der Waals surface area contributed by atoms with Gasteiger partial charge in [-0.05, 0) is 0 Å². The first-order chi connectivity index (χ1) is 2.77. The van der Waals surface area contributed by atoms with Crippen molar-refractivity contribution in [2.24, 2.45) is 0 Å². The van der Waals surface area contributed by atoms with Crippen LogP contribution in [0.5, 0.6) is 0 Å². The van der Waals surface area contributed by atoms with Crippen LogP contribution in [0.25, 0.3) is 0 Å². The molecule has 0 aromatic heterocycles. The Bertz CT molecular complexity index is 34.1. The van der Waals surface area contributed by atoms with Crippen molar-refractivity contribution >= 4 is 23.2 Å². The summed E-state index contributed by atoms with van der Waals surface area (Å²) in [6, 6.07) is 0. The van der Waals surface area contributed by atoms with E-state index in [4.69, 9.17) is 28.3 Å². The topological polar surface area (TPSA) is 20.2 Å². The summed E-state index contributed by atoms with van der Waals surface area (Å²) in [6.45, 7) is 0.0671. The fourth-order valence-corrected chi connectivity index (χ4v) is 0.293. The van der Waals surface area contributed by atoms with Gasteiger partial charge >= 0.3 is 0 Å². The Hall–Kier alpha value is 1.25. The zero-order chi connectivity index (χ0) is 4.99. The van der Waals surface area contributed by atoms with E-state index in [1.54, 1.807) is 0 Å². The summed E-state index contributed by atoms with van der Waals surface area (Å²) in [6.07, 6.45) is 0.461. The van der Waals surface area contributed by atoms with Crippen LogP contribution in [-0.2, 0) is 21.7 Å². The van der Waals surface area contributed by atoms with Crippen LogP contribution in [0.3, 0.4) is 0 Å². The summed E-state index contributed by atoms with van der Waals surface area (Å²) < 4.78 is 0. The van der Waals surface area contributed by atoms with Crippen LogP contribution >= 0.6 is 23.2 Å². The van der Waals surface area contributed by atoms with Gasteiger partial charge in [-0.25, -0.2) is 0 Å². The van der Waals surface area contributed by atoms with Crippen LogP contribution in [0, 0.1) is 0 Å². The molecule has 0 saturated carbocycles. The van der Waals surface area contributed by atoms with E-state index < -0.39 is 4.84 Å². The number of aliphatic hydroxyl groups is 1. The molecule has 0 spiro atoms. The molecule has 0 aromatic carbocycles. The van der Waals surface area contributed by atoms with E-state index in [1.165, 1.54) is 0 Å². The number of alkyl halides is 2. The quantitative estimate of drug-likeness (QED) is 0.495. The predicted molar refractivity (Wildman–Crippen MR) is 27.2 cm³/mol. The third kappa shape index (κ3) is 11.1. The maximum absolute atomic E-state index is 8.07. The molecular weight excluding hydrogens is 171 g/mol. The Labute approximate surface area is 67.9 Å². The average Bonchev–Trinajstić information content (AvgIpc) is 1.35. The van der Waals surface area contributed by atoms with Gasteiger partial charge in [0.15, 0.2) is 0 Å². The van der Waals surface area contributed by atoms with Gasteiger partial charge in [0, 0.05) is 34.7 Å². The molecule has 0 fully saturated rings. The molecule has 7 heavy (non-hydrogen) atoms. The Morgan fingerprint density at radius 2 is 1.86 bits per heavy atom. The number of hydrogen-bond donors (Lipinski definition) is 1. The van der Waals surface area contributed by atoms with E-state index in [9.17, 15) is 0 Å². The first-order valence-electron chi connectivity index (χ1n) is 1.66. The Morgan fingerprint density at radius 1 is 1.43 bits per heavy atom. The van der Waals surface area contributed by atoms with Gasteiger partial charge in [0.05, 0.1) is 0 Å². The third-order valence-electron chi connectivity index (χ3n) is 0.347. The first kappa shape index (κ1) is 11.1. The van der Waals surface area contributed by atoms with Gasteiger partial charge in [-0.3, -0.25) is 0 Å². The zero-order valence-corrected chi connectivity index (χ0v) is 6.77. The average molecular weight is 177 g/mol. The van der Waals surface area contributed by atoms with E-state index in [1.807, 2.05) is 0 Å². The maximum Gasteiger partial charge on any atom is 0.110 e. The van der Waals surface area contributed by atoms with Crippen LogP contribution < -0.4 is 0 Å². The molecule has 0 amide bonds. The molecule has 0 atom stereocenters. The van der Waals surface area contributed by atoms with E-state index in [0.717, 1.165) is 0 Å². The molecule has 0 heterocycles. The fourth-order valence-electron chi connectivity index (χ4n) is 0.0976. The monoisotopic (exact) mass is 176 g/mol. The standard InChI is InChI=1S/C3H6Cl2O.Ti/c4-3(5)1-2-6;/h3,6H,1-2H2;. The van der Waals surface area contributed by atoms with Crippen molar-refractivity contribution in [1.82, 2.24) is 0 Å². The van der Waals surface area contributed by atoms with Gasteiger partial charge in [0.2, 0.25) is 0 Å². The van der Waals surface area contributed by atoms with Crippen LogP contribution in [0.1, 0.15) is 6.42 Å². The van der Waals surface area contributed by atoms with E-state index in [-0.39, 0.29) is 28.3 Å². The minimum atomic E-state index is -0.407. The van der Waals surface area contributed by atoms with E-state index in [0.29, 0.717) is 6.42 Å². The molecule has 42 valence electrons. The van der Waals surface area contributed by atoms with Crippen molar-refractivity contribution in [3.63, 3.8) is 0 Å². The molecule has 0 radical (unpaired) electrons. The van der Waals surface area contributed by atoms with Gasteiger partial charge in [0.25, 0.3) is 0 Å². The molecule has 1 N–H and O–H groups in total. The number of aliphatic hydroxyl groups excluding tert-OH is 1. The minimum absolute atomic E-state index is 0. The van der Waals surface area contributed by atoms with Crippen molar-refractivity contribution in [1.29, 1.82) is 0 Å². The summed E-state index contributed by atoms with van der Waals surface area (Å²) in [5.74, 6) is 0. The van der Waals surface area contributed by atoms with Crippen LogP contribution in [0.4, 0.5) is 0 Å². The summed E-state index contributed by atoms with van der Waals surface area (Å²) >= 11 is 10.4. The molecule has 0 aliphatic rings. The van der Waals surface area contributed by atoms with Gasteiger partial charge in [-0.15, -0.1) is 23.2 Å². The largest absolute Gasteiger partial charge is 0.396 e. The molecule has 1 nitrogen and oxygen atoms in total. The number of halogens is 2. The fraction of sp³-hybridized carbons (Fsp3) is 1.00. The molecule has 0 bridgehead atoms. The van der Waals surface area contributed by atoms with Crippen LogP contribution in [0.2, 0.25) is 0 Å². The molecule has 0 saturated heterocycles. The van der Waals surface area contributed by atoms with Gasteiger partial charge < -0.3 is 5.11 Å². The van der Waals surface area contributed by atoms with Crippen molar-refractivity contribution in [2.75, 3.05) is 6.61 Å². The molecule has 0 aliphatic carbocycles. The first-order valence-corrected chi connectivity index (χ1v) is 2.53. The van der Waals surface area contributed by atoms with Gasteiger partial charge in [0.1, 0.15) is 4.84 Å². The molecule has 0 aliphatic heterocycles. The maximum atomic E-state index is 8.07. The third-order valence-corrected chi connectivity index (χ3v) is 0.784. The van der Waals surface area contributed by atoms with E-state index in [2.05, 4.69) is 0 Å². The Morgan fingerprint density at radius 3 is 1.86 bits per heavy atom. The molecule has 4 heteroatoms. The van der Waals surface area contributed by atoms with Crippen LogP contribution in [-0.4, -0.2) is 16.5 Å². The number of rotatable bonds is 2. The van der Waals surface area contributed by atoms with E-state index >= 15 is 0 Å². The summed E-state index contributed by atoms with van der Waals surface area (Å²) in [4.78, 5) is -0.407. The minimum Gasteiger partial charge on any atom is -0.396 e. The van der Waals surface area contributed by atoms with Crippen molar-refractivity contribution < 1.29 is 26.8 Å².